The molecule has 0 heterocycles. The normalized spacial score (nSPS) is 11.8. The summed E-state index contributed by atoms with van der Waals surface area (Å²) in [5, 5.41) is 28.7. The van der Waals surface area contributed by atoms with Crippen LogP contribution in [-0.4, -0.2) is 40.7 Å². The first-order chi connectivity index (χ1) is 6.47. The second-order valence-electron chi connectivity index (χ2n) is 2.54. The molecule has 1 atom stereocenters. The predicted molar refractivity (Wildman–Crippen MR) is 42.0 cm³/mol. The molecule has 0 spiro atoms. The number of nitrogens with one attached hydrogen (secondary N) is 1. The number of carboxylic acid groups (broad SMARTS) is 2. The molecular weight excluding hydrogens is 194 g/mol. The van der Waals surface area contributed by atoms with Crippen molar-refractivity contribution in [2.75, 3.05) is 6.61 Å². The van der Waals surface area contributed by atoms with E-state index in [0.29, 0.717) is 0 Å². The Kier molecular flexibility index (Phi) is 5.23. The Morgan fingerprint density at radius 1 is 1.21 bits per heavy atom. The molecule has 79 valence electrons. The molecule has 0 aliphatic carbocycles. The van der Waals surface area contributed by atoms with Crippen molar-refractivity contribution in [1.29, 1.82) is 0 Å². The van der Waals surface area contributed by atoms with Crippen molar-refractivity contribution >= 4 is 17.8 Å². The van der Waals surface area contributed by atoms with Crippen molar-refractivity contribution in [2.45, 2.75) is 18.9 Å². The Morgan fingerprint density at radius 3 is 2.14 bits per heavy atom. The molecule has 7 heteroatoms. The van der Waals surface area contributed by atoms with Gasteiger partial charge in [-0.15, -0.1) is 0 Å². The fourth-order valence-electron chi connectivity index (χ4n) is 0.761. The molecule has 0 aromatic rings. The number of hydrogen-bond acceptors (Lipinski definition) is 3. The average molecular weight is 204 g/mol. The van der Waals surface area contributed by atoms with E-state index in [1.165, 1.54) is 0 Å². The fourth-order valence-corrected chi connectivity index (χ4v) is 0.761. The summed E-state index contributed by atoms with van der Waals surface area (Å²) in [7, 11) is 0. The molecule has 0 rings (SSSR count). The van der Waals surface area contributed by atoms with Gasteiger partial charge in [0.15, 0.2) is 6.61 Å². The summed E-state index contributed by atoms with van der Waals surface area (Å²) in [4.78, 5) is 31.1. The van der Waals surface area contributed by atoms with Crippen molar-refractivity contribution in [1.82, 2.24) is 5.32 Å². The summed E-state index contributed by atoms with van der Waals surface area (Å²) >= 11 is 0. The highest BCUT2D eigenvalue weighted by Gasteiger charge is 2.20. The van der Waals surface area contributed by atoms with E-state index in [1.807, 2.05) is 5.32 Å². The first kappa shape index (κ1) is 12.4. The van der Waals surface area contributed by atoms with Crippen molar-refractivity contribution in [3.63, 3.8) is 0 Å². The predicted octanol–water partition coefficient (Wildman–Crippen LogP) is -1.15. The molecule has 0 aliphatic rings. The molecule has 0 saturated heterocycles. The van der Waals surface area contributed by atoms with Crippen LogP contribution in [0.1, 0.15) is 12.8 Å². The molecule has 0 aromatic heterocycles. The van der Waals surface area contributed by atoms with Gasteiger partial charge in [-0.1, -0.05) is 0 Å². The van der Waals surface area contributed by atoms with Crippen LogP contribution in [0.15, 0.2) is 0 Å². The van der Waals surface area contributed by atoms with E-state index in [9.17, 15) is 19.5 Å². The van der Waals surface area contributed by atoms with Crippen LogP contribution in [0, 0.1) is 0 Å². The minimum atomic E-state index is -1.35. The SMILES string of the molecule is [O]CC(=O)N[C@@H](CCC(=O)O)C(=O)O. The van der Waals surface area contributed by atoms with Gasteiger partial charge in [0, 0.05) is 6.42 Å². The van der Waals surface area contributed by atoms with E-state index in [2.05, 4.69) is 0 Å². The monoisotopic (exact) mass is 204 g/mol. The molecule has 1 amide bonds. The number of hydrogen-bond donors (Lipinski definition) is 3. The van der Waals surface area contributed by atoms with Gasteiger partial charge in [0.25, 0.3) is 0 Å². The first-order valence-corrected chi connectivity index (χ1v) is 3.79. The lowest BCUT2D eigenvalue weighted by molar-refractivity contribution is -0.143. The zero-order chi connectivity index (χ0) is 11.1. The van der Waals surface area contributed by atoms with Crippen LogP contribution in [-0.2, 0) is 19.5 Å². The van der Waals surface area contributed by atoms with E-state index >= 15 is 0 Å². The minimum Gasteiger partial charge on any atom is -0.481 e. The molecule has 1 radical (unpaired) electrons. The van der Waals surface area contributed by atoms with E-state index in [4.69, 9.17) is 10.2 Å². The van der Waals surface area contributed by atoms with Crippen LogP contribution >= 0.6 is 0 Å². The fraction of sp³-hybridized carbons (Fsp3) is 0.571. The van der Waals surface area contributed by atoms with E-state index in [1.54, 1.807) is 0 Å². The molecule has 0 aromatic carbocycles. The minimum absolute atomic E-state index is 0.240. The Bertz CT molecular complexity index is 238. The smallest absolute Gasteiger partial charge is 0.326 e. The quantitative estimate of drug-likeness (QED) is 0.504. The number of rotatable bonds is 6. The Morgan fingerprint density at radius 2 is 1.79 bits per heavy atom. The molecule has 7 nitrogen and oxygen atoms in total. The van der Waals surface area contributed by atoms with Gasteiger partial charge >= 0.3 is 11.9 Å². The molecule has 0 saturated carbocycles. The number of carbonyl (C=O) groups is 3. The number of carboxylic acids is 2. The zero-order valence-corrected chi connectivity index (χ0v) is 7.23. The second-order valence-corrected chi connectivity index (χ2v) is 2.54. The third-order valence-corrected chi connectivity index (χ3v) is 1.41. The van der Waals surface area contributed by atoms with E-state index < -0.39 is 30.5 Å². The second kappa shape index (κ2) is 5.92. The van der Waals surface area contributed by atoms with E-state index in [0.717, 1.165) is 0 Å². The average Bonchev–Trinajstić information content (AvgIpc) is 2.10. The standard InChI is InChI=1S/C7H10NO6/c9-3-5(10)8-4(7(13)14)1-2-6(11)12/h4H,1-3H2,(H,8,10)(H,11,12)(H,13,14)/t4-/m0/s1. The third kappa shape index (κ3) is 5.09. The molecule has 3 N–H and O–H groups in total. The summed E-state index contributed by atoms with van der Waals surface area (Å²) in [6, 6.07) is -1.31. The first-order valence-electron chi connectivity index (χ1n) is 3.79. The lowest BCUT2D eigenvalue weighted by atomic mass is 10.1. The summed E-state index contributed by atoms with van der Waals surface area (Å²) in [5.41, 5.74) is 0. The molecule has 14 heavy (non-hydrogen) atoms. The Balaban J connectivity index is 4.09. The summed E-state index contributed by atoms with van der Waals surface area (Å²) in [6.45, 7) is -1.07. The van der Waals surface area contributed by atoms with Crippen molar-refractivity contribution < 1.29 is 29.7 Å². The van der Waals surface area contributed by atoms with Crippen LogP contribution in [0.2, 0.25) is 0 Å². The zero-order valence-electron chi connectivity index (χ0n) is 7.23. The highest BCUT2D eigenvalue weighted by Crippen LogP contribution is 1.97. The maximum Gasteiger partial charge on any atom is 0.326 e. The molecular formula is C7H10NO6. The number of amides is 1. The maximum absolute atomic E-state index is 10.5. The van der Waals surface area contributed by atoms with E-state index in [-0.39, 0.29) is 12.8 Å². The Labute approximate surface area is 79.3 Å². The topological polar surface area (TPSA) is 124 Å². The lowest BCUT2D eigenvalue weighted by Gasteiger charge is -2.11. The van der Waals surface area contributed by atoms with Gasteiger partial charge in [-0.25, -0.2) is 9.90 Å². The summed E-state index contributed by atoms with van der Waals surface area (Å²) < 4.78 is 0. The third-order valence-electron chi connectivity index (χ3n) is 1.41. The highest BCUT2D eigenvalue weighted by atomic mass is 16.4. The van der Waals surface area contributed by atoms with Gasteiger partial charge in [-0.2, -0.15) is 0 Å². The van der Waals surface area contributed by atoms with Gasteiger partial charge in [0.2, 0.25) is 5.91 Å². The van der Waals surface area contributed by atoms with Gasteiger partial charge in [-0.3, -0.25) is 9.59 Å². The molecule has 0 unspecified atom stereocenters. The van der Waals surface area contributed by atoms with Crippen molar-refractivity contribution in [2.24, 2.45) is 0 Å². The van der Waals surface area contributed by atoms with Crippen molar-refractivity contribution in [3.8, 4) is 0 Å². The number of carbonyl (C=O) groups excluding carboxylic acids is 1. The molecule has 0 bridgehead atoms. The number of aliphatic carboxylic acids is 2. The van der Waals surface area contributed by atoms with Gasteiger partial charge in [0.05, 0.1) is 0 Å². The van der Waals surface area contributed by atoms with Crippen LogP contribution in [0.3, 0.4) is 0 Å². The van der Waals surface area contributed by atoms with Gasteiger partial charge < -0.3 is 15.5 Å². The molecule has 0 fully saturated rings. The van der Waals surface area contributed by atoms with Crippen LogP contribution in [0.4, 0.5) is 0 Å². The van der Waals surface area contributed by atoms with Crippen molar-refractivity contribution in [3.05, 3.63) is 0 Å². The largest absolute Gasteiger partial charge is 0.481 e. The Hall–Kier alpha value is -1.63. The summed E-state index contributed by atoms with van der Waals surface area (Å²) in [6.07, 6.45) is -0.619. The van der Waals surface area contributed by atoms with Crippen LogP contribution in [0.5, 0.6) is 0 Å². The highest BCUT2D eigenvalue weighted by molar-refractivity contribution is 5.84. The van der Waals surface area contributed by atoms with Gasteiger partial charge in [0.1, 0.15) is 6.04 Å². The molecule has 0 aliphatic heterocycles. The van der Waals surface area contributed by atoms with Crippen LogP contribution in [0.25, 0.3) is 0 Å². The lowest BCUT2D eigenvalue weighted by Crippen LogP contribution is -2.42. The van der Waals surface area contributed by atoms with Crippen LogP contribution < -0.4 is 5.32 Å². The maximum atomic E-state index is 10.5. The summed E-state index contributed by atoms with van der Waals surface area (Å²) in [5.74, 6) is -3.47. The van der Waals surface area contributed by atoms with Gasteiger partial charge in [-0.05, 0) is 6.42 Å².